The number of halogens is 1. The van der Waals surface area contributed by atoms with Gasteiger partial charge in [-0.3, -0.25) is 14.5 Å². The Morgan fingerprint density at radius 2 is 1.95 bits per heavy atom. The van der Waals surface area contributed by atoms with E-state index in [0.717, 1.165) is 10.5 Å². The number of imide groups is 1. The average molecular weight is 325 g/mol. The van der Waals surface area contributed by atoms with Gasteiger partial charge in [-0.1, -0.05) is 30.7 Å². The minimum atomic E-state index is -0.951. The zero-order valence-electron chi connectivity index (χ0n) is 12.4. The molecule has 3 amide bonds. The number of hydrogen-bond acceptors (Lipinski definition) is 4. The van der Waals surface area contributed by atoms with Crippen molar-refractivity contribution in [2.75, 3.05) is 6.54 Å². The molecule has 0 unspecified atom stereocenters. The molecule has 0 radical (unpaired) electrons. The fraction of sp³-hybridized carbons (Fsp3) is 0.400. The van der Waals surface area contributed by atoms with E-state index in [0.29, 0.717) is 11.4 Å². The van der Waals surface area contributed by atoms with Gasteiger partial charge in [0.1, 0.15) is 18.7 Å². The van der Waals surface area contributed by atoms with Crippen molar-refractivity contribution >= 4 is 29.5 Å². The molecule has 22 heavy (non-hydrogen) atoms. The molecule has 0 bridgehead atoms. The summed E-state index contributed by atoms with van der Waals surface area (Å²) in [6.07, 6.45) is 0.452. The number of nitrogens with one attached hydrogen (secondary N) is 1. The van der Waals surface area contributed by atoms with E-state index in [-0.39, 0.29) is 6.61 Å². The Morgan fingerprint density at radius 1 is 1.32 bits per heavy atom. The largest absolute Gasteiger partial charge is 0.459 e. The zero-order chi connectivity index (χ0) is 16.3. The van der Waals surface area contributed by atoms with Crippen LogP contribution in [0.1, 0.15) is 25.8 Å². The van der Waals surface area contributed by atoms with Crippen molar-refractivity contribution in [2.45, 2.75) is 32.4 Å². The van der Waals surface area contributed by atoms with Crippen LogP contribution in [-0.4, -0.2) is 34.9 Å². The summed E-state index contributed by atoms with van der Waals surface area (Å²) < 4.78 is 5.07. The van der Waals surface area contributed by atoms with Gasteiger partial charge in [-0.15, -0.1) is 0 Å². The maximum Gasteiger partial charge on any atom is 0.326 e. The zero-order valence-corrected chi connectivity index (χ0v) is 13.1. The highest BCUT2D eigenvalue weighted by Gasteiger charge is 2.47. The van der Waals surface area contributed by atoms with Crippen LogP contribution < -0.4 is 5.32 Å². The Morgan fingerprint density at radius 3 is 2.50 bits per heavy atom. The van der Waals surface area contributed by atoms with Crippen LogP contribution in [0.4, 0.5) is 4.79 Å². The highest BCUT2D eigenvalue weighted by Crippen LogP contribution is 2.20. The standard InChI is InChI=1S/C15H17ClN2O4/c1-3-15(2)13(20)18(14(21)17-15)8-12(19)22-9-10-4-6-11(16)7-5-10/h4-7H,3,8-9H2,1-2H3,(H,17,21)/t15-/m1/s1. The first-order valence-corrected chi connectivity index (χ1v) is 7.27. The number of carbonyl (C=O) groups is 3. The van der Waals surface area contributed by atoms with Crippen LogP contribution in [0.3, 0.4) is 0 Å². The van der Waals surface area contributed by atoms with Crippen LogP contribution in [0.25, 0.3) is 0 Å². The third-order valence-electron chi connectivity index (χ3n) is 3.65. The van der Waals surface area contributed by atoms with E-state index >= 15 is 0 Å². The number of ether oxygens (including phenoxy) is 1. The predicted octanol–water partition coefficient (Wildman–Crippen LogP) is 2.10. The Labute approximate surface area is 133 Å². The summed E-state index contributed by atoms with van der Waals surface area (Å²) in [4.78, 5) is 36.6. The van der Waals surface area contributed by atoms with Crippen molar-refractivity contribution in [2.24, 2.45) is 0 Å². The highest BCUT2D eigenvalue weighted by molar-refractivity contribution is 6.30. The summed E-state index contributed by atoms with van der Waals surface area (Å²) >= 11 is 5.76. The summed E-state index contributed by atoms with van der Waals surface area (Å²) in [7, 11) is 0. The van der Waals surface area contributed by atoms with E-state index in [9.17, 15) is 14.4 Å². The van der Waals surface area contributed by atoms with Gasteiger partial charge in [0.25, 0.3) is 5.91 Å². The molecule has 118 valence electrons. The van der Waals surface area contributed by atoms with E-state index in [2.05, 4.69) is 5.32 Å². The molecule has 0 aromatic heterocycles. The van der Waals surface area contributed by atoms with E-state index in [1.807, 2.05) is 0 Å². The molecule has 1 saturated heterocycles. The molecule has 1 aliphatic heterocycles. The third-order valence-corrected chi connectivity index (χ3v) is 3.90. The smallest absolute Gasteiger partial charge is 0.326 e. The van der Waals surface area contributed by atoms with Crippen molar-refractivity contribution in [3.63, 3.8) is 0 Å². The van der Waals surface area contributed by atoms with E-state index in [4.69, 9.17) is 16.3 Å². The van der Waals surface area contributed by atoms with Crippen molar-refractivity contribution < 1.29 is 19.1 Å². The number of carbonyl (C=O) groups excluding carboxylic acids is 3. The van der Waals surface area contributed by atoms with Gasteiger partial charge in [0, 0.05) is 5.02 Å². The molecule has 1 aromatic carbocycles. The summed E-state index contributed by atoms with van der Waals surface area (Å²) in [5, 5.41) is 3.17. The van der Waals surface area contributed by atoms with Crippen molar-refractivity contribution in [3.05, 3.63) is 34.9 Å². The molecule has 6 nitrogen and oxygen atoms in total. The topological polar surface area (TPSA) is 75.7 Å². The molecule has 1 atom stereocenters. The number of esters is 1. The molecule has 1 N–H and O–H groups in total. The number of hydrogen-bond donors (Lipinski definition) is 1. The van der Waals surface area contributed by atoms with Crippen molar-refractivity contribution in [1.29, 1.82) is 0 Å². The van der Waals surface area contributed by atoms with Crippen LogP contribution >= 0.6 is 11.6 Å². The van der Waals surface area contributed by atoms with Crippen LogP contribution in [-0.2, 0) is 20.9 Å². The van der Waals surface area contributed by atoms with Gasteiger partial charge in [0.15, 0.2) is 0 Å². The minimum absolute atomic E-state index is 0.0602. The first-order valence-electron chi connectivity index (χ1n) is 6.90. The Kier molecular flexibility index (Phi) is 4.71. The molecule has 0 saturated carbocycles. The van der Waals surface area contributed by atoms with Crippen molar-refractivity contribution in [1.82, 2.24) is 10.2 Å². The normalized spacial score (nSPS) is 21.0. The van der Waals surface area contributed by atoms with Gasteiger partial charge in [0.05, 0.1) is 0 Å². The lowest BCUT2D eigenvalue weighted by Gasteiger charge is -2.18. The van der Waals surface area contributed by atoms with Gasteiger partial charge in [0.2, 0.25) is 0 Å². The molecular weight excluding hydrogens is 308 g/mol. The van der Waals surface area contributed by atoms with Gasteiger partial charge in [-0.05, 0) is 31.0 Å². The SMILES string of the molecule is CC[C@@]1(C)NC(=O)N(CC(=O)OCc2ccc(Cl)cc2)C1=O. The molecule has 1 heterocycles. The monoisotopic (exact) mass is 324 g/mol. The maximum absolute atomic E-state index is 12.1. The lowest BCUT2D eigenvalue weighted by atomic mass is 9.99. The predicted molar refractivity (Wildman–Crippen MR) is 80.2 cm³/mol. The van der Waals surface area contributed by atoms with E-state index < -0.39 is 30.0 Å². The molecule has 1 fully saturated rings. The average Bonchev–Trinajstić information content (AvgIpc) is 2.71. The van der Waals surface area contributed by atoms with Gasteiger partial charge in [-0.2, -0.15) is 0 Å². The molecule has 0 spiro atoms. The van der Waals surface area contributed by atoms with Crippen LogP contribution in [0.15, 0.2) is 24.3 Å². The fourth-order valence-electron chi connectivity index (χ4n) is 2.05. The number of nitrogens with zero attached hydrogens (tertiary/aromatic N) is 1. The summed E-state index contributed by atoms with van der Waals surface area (Å²) in [6, 6.07) is 6.27. The second-order valence-electron chi connectivity index (χ2n) is 5.29. The number of amides is 3. The van der Waals surface area contributed by atoms with Crippen LogP contribution in [0, 0.1) is 0 Å². The van der Waals surface area contributed by atoms with Crippen molar-refractivity contribution in [3.8, 4) is 0 Å². The third kappa shape index (κ3) is 3.39. The highest BCUT2D eigenvalue weighted by atomic mass is 35.5. The Hall–Kier alpha value is -2.08. The molecule has 0 aliphatic carbocycles. The molecule has 1 aromatic rings. The molecule has 2 rings (SSSR count). The Bertz CT molecular complexity index is 602. The van der Waals surface area contributed by atoms with E-state index in [1.165, 1.54) is 0 Å². The lowest BCUT2D eigenvalue weighted by molar-refractivity contribution is -0.148. The Balaban J connectivity index is 1.91. The fourth-order valence-corrected chi connectivity index (χ4v) is 2.18. The summed E-state index contributed by atoms with van der Waals surface area (Å²) in [5.74, 6) is -1.05. The molecule has 7 heteroatoms. The summed E-state index contributed by atoms with van der Waals surface area (Å²) in [5.41, 5.74) is -0.179. The van der Waals surface area contributed by atoms with Crippen LogP contribution in [0.2, 0.25) is 5.02 Å². The van der Waals surface area contributed by atoms with Crippen LogP contribution in [0.5, 0.6) is 0 Å². The maximum atomic E-state index is 12.1. The number of benzene rings is 1. The van der Waals surface area contributed by atoms with E-state index in [1.54, 1.807) is 38.1 Å². The first-order chi connectivity index (χ1) is 10.4. The lowest BCUT2D eigenvalue weighted by Crippen LogP contribution is -2.43. The molecular formula is C15H17ClN2O4. The van der Waals surface area contributed by atoms with Gasteiger partial charge in [-0.25, -0.2) is 4.79 Å². The second kappa shape index (κ2) is 6.36. The molecule has 1 aliphatic rings. The first kappa shape index (κ1) is 16.3. The second-order valence-corrected chi connectivity index (χ2v) is 5.73. The van der Waals surface area contributed by atoms with Gasteiger partial charge >= 0.3 is 12.0 Å². The van der Waals surface area contributed by atoms with Gasteiger partial charge < -0.3 is 10.1 Å². The number of rotatable bonds is 5. The number of urea groups is 1. The quantitative estimate of drug-likeness (QED) is 0.665. The minimum Gasteiger partial charge on any atom is -0.459 e. The summed E-state index contributed by atoms with van der Waals surface area (Å²) in [6.45, 7) is 3.09.